The van der Waals surface area contributed by atoms with E-state index in [1.54, 1.807) is 19.3 Å². The maximum absolute atomic E-state index is 10.3. The lowest BCUT2D eigenvalue weighted by molar-refractivity contribution is 0.0915. The van der Waals surface area contributed by atoms with Crippen molar-refractivity contribution in [1.82, 2.24) is 0 Å². The second-order valence-electron chi connectivity index (χ2n) is 7.36. The van der Waals surface area contributed by atoms with Crippen molar-refractivity contribution in [3.05, 3.63) is 30.3 Å². The molecule has 1 fully saturated rings. The topological polar surface area (TPSA) is 68.1 Å². The Morgan fingerprint density at radius 3 is 2.29 bits per heavy atom. The van der Waals surface area contributed by atoms with E-state index in [1.165, 1.54) is 0 Å². The van der Waals surface area contributed by atoms with E-state index in [2.05, 4.69) is 30.8 Å². The molecule has 0 radical (unpaired) electrons. The summed E-state index contributed by atoms with van der Waals surface area (Å²) in [6.07, 6.45) is 5.88. The van der Waals surface area contributed by atoms with Crippen LogP contribution in [0.3, 0.4) is 0 Å². The second kappa shape index (κ2) is 9.17. The highest BCUT2D eigenvalue weighted by Crippen LogP contribution is 2.47. The molecule has 1 saturated carbocycles. The quantitative estimate of drug-likeness (QED) is 0.620. The zero-order chi connectivity index (χ0) is 18.1. The van der Waals surface area contributed by atoms with E-state index >= 15 is 0 Å². The molecule has 2 unspecified atom stereocenters. The predicted octanol–water partition coefficient (Wildman–Crippen LogP) is 3.94. The third kappa shape index (κ3) is 6.91. The number of isocyanates is 2. The smallest absolute Gasteiger partial charge is 0.235 e. The SMILES string of the molecule is CC1(C)CC(N=C=O)CC(C)(CN=C=O)C1.COc1ccccc1. The minimum atomic E-state index is -0.0653. The first-order valence-corrected chi connectivity index (χ1v) is 8.04. The lowest BCUT2D eigenvalue weighted by Crippen LogP contribution is -2.39. The molecule has 1 aromatic rings. The normalized spacial score (nSPS) is 24.4. The Labute approximate surface area is 143 Å². The number of nitrogens with zero attached hydrogens (tertiary/aromatic N) is 2. The van der Waals surface area contributed by atoms with Crippen LogP contribution in [-0.4, -0.2) is 31.9 Å². The van der Waals surface area contributed by atoms with Crippen molar-refractivity contribution in [3.8, 4) is 5.75 Å². The van der Waals surface area contributed by atoms with Gasteiger partial charge in [-0.25, -0.2) is 19.6 Å². The summed E-state index contributed by atoms with van der Waals surface area (Å²) in [5, 5.41) is 0. The van der Waals surface area contributed by atoms with Crippen molar-refractivity contribution < 1.29 is 14.3 Å². The number of carbonyl (C=O) groups excluding carboxylic acids is 2. The number of para-hydroxylation sites is 1. The number of hydrogen-bond acceptors (Lipinski definition) is 5. The van der Waals surface area contributed by atoms with Gasteiger partial charge in [0.2, 0.25) is 12.2 Å². The van der Waals surface area contributed by atoms with E-state index < -0.39 is 0 Å². The molecule has 0 N–H and O–H groups in total. The zero-order valence-electron chi connectivity index (χ0n) is 14.9. The molecule has 130 valence electrons. The van der Waals surface area contributed by atoms with Crippen LogP contribution in [0, 0.1) is 10.8 Å². The average molecular weight is 330 g/mol. The monoisotopic (exact) mass is 330 g/mol. The van der Waals surface area contributed by atoms with Gasteiger partial charge in [0.05, 0.1) is 19.7 Å². The minimum Gasteiger partial charge on any atom is -0.497 e. The fraction of sp³-hybridized carbons (Fsp3) is 0.579. The molecule has 0 aliphatic heterocycles. The maximum atomic E-state index is 10.3. The molecule has 0 amide bonds. The van der Waals surface area contributed by atoms with Crippen LogP contribution in [0.1, 0.15) is 40.0 Å². The van der Waals surface area contributed by atoms with E-state index in [4.69, 9.17) is 4.74 Å². The van der Waals surface area contributed by atoms with Crippen molar-refractivity contribution in [2.75, 3.05) is 13.7 Å². The van der Waals surface area contributed by atoms with Gasteiger partial charge in [0, 0.05) is 0 Å². The van der Waals surface area contributed by atoms with Gasteiger partial charge in [-0.2, -0.15) is 0 Å². The minimum absolute atomic E-state index is 0.00750. The molecule has 0 aromatic heterocycles. The Morgan fingerprint density at radius 1 is 1.12 bits per heavy atom. The number of aliphatic imine (C=N–C) groups is 2. The molecule has 5 nitrogen and oxygen atoms in total. The summed E-state index contributed by atoms with van der Waals surface area (Å²) in [4.78, 5) is 28.0. The van der Waals surface area contributed by atoms with Crippen LogP contribution in [0.5, 0.6) is 5.75 Å². The van der Waals surface area contributed by atoms with Crippen LogP contribution in [0.15, 0.2) is 40.3 Å². The van der Waals surface area contributed by atoms with Crippen molar-refractivity contribution >= 4 is 12.2 Å². The number of hydrogen-bond donors (Lipinski definition) is 0. The van der Waals surface area contributed by atoms with E-state index in [-0.39, 0.29) is 16.9 Å². The van der Waals surface area contributed by atoms with E-state index in [0.717, 1.165) is 25.0 Å². The molecule has 1 aliphatic rings. The van der Waals surface area contributed by atoms with Crippen LogP contribution in [-0.2, 0) is 9.59 Å². The molecule has 1 aromatic carbocycles. The summed E-state index contributed by atoms with van der Waals surface area (Å²) >= 11 is 0. The third-order valence-electron chi connectivity index (χ3n) is 4.16. The Hall–Kier alpha value is -2.22. The molecule has 0 heterocycles. The van der Waals surface area contributed by atoms with Gasteiger partial charge in [-0.3, -0.25) is 0 Å². The molecular formula is C19H26N2O3. The molecule has 1 aliphatic carbocycles. The Bertz CT molecular complexity index is 602. The van der Waals surface area contributed by atoms with Crippen molar-refractivity contribution in [3.63, 3.8) is 0 Å². The van der Waals surface area contributed by atoms with Crippen LogP contribution < -0.4 is 4.74 Å². The molecule has 5 heteroatoms. The highest BCUT2D eigenvalue weighted by molar-refractivity contribution is 5.34. The van der Waals surface area contributed by atoms with Crippen LogP contribution in [0.4, 0.5) is 0 Å². The number of methoxy groups -OCH3 is 1. The molecular weight excluding hydrogens is 304 g/mol. The zero-order valence-corrected chi connectivity index (χ0v) is 14.9. The van der Waals surface area contributed by atoms with Crippen LogP contribution >= 0.6 is 0 Å². The molecule has 24 heavy (non-hydrogen) atoms. The van der Waals surface area contributed by atoms with Gasteiger partial charge in [0.15, 0.2) is 0 Å². The summed E-state index contributed by atoms with van der Waals surface area (Å²) in [6, 6.07) is 9.69. The average Bonchev–Trinajstić information content (AvgIpc) is 2.53. The first-order valence-electron chi connectivity index (χ1n) is 8.04. The molecule has 0 saturated heterocycles. The summed E-state index contributed by atoms with van der Waals surface area (Å²) in [6.45, 7) is 6.86. The molecule has 2 atom stereocenters. The van der Waals surface area contributed by atoms with Crippen LogP contribution in [0.25, 0.3) is 0 Å². The predicted molar refractivity (Wildman–Crippen MR) is 93.6 cm³/mol. The lowest BCUT2D eigenvalue weighted by atomic mass is 9.63. The first kappa shape index (κ1) is 19.8. The third-order valence-corrected chi connectivity index (χ3v) is 4.16. The van der Waals surface area contributed by atoms with Crippen LogP contribution in [0.2, 0.25) is 0 Å². The first-order chi connectivity index (χ1) is 11.3. The summed E-state index contributed by atoms with van der Waals surface area (Å²) in [5.74, 6) is 0.910. The van der Waals surface area contributed by atoms with E-state index in [9.17, 15) is 9.59 Å². The molecule has 0 spiro atoms. The van der Waals surface area contributed by atoms with Gasteiger partial charge in [-0.15, -0.1) is 0 Å². The Balaban J connectivity index is 0.000000300. The largest absolute Gasteiger partial charge is 0.497 e. The lowest BCUT2D eigenvalue weighted by Gasteiger charge is -2.44. The second-order valence-corrected chi connectivity index (χ2v) is 7.36. The van der Waals surface area contributed by atoms with Crippen molar-refractivity contribution in [2.24, 2.45) is 20.8 Å². The number of benzene rings is 1. The Kier molecular flexibility index (Phi) is 7.57. The molecule has 2 rings (SSSR count). The fourth-order valence-corrected chi connectivity index (χ4v) is 3.64. The maximum Gasteiger partial charge on any atom is 0.235 e. The summed E-state index contributed by atoms with van der Waals surface area (Å²) < 4.78 is 4.91. The summed E-state index contributed by atoms with van der Waals surface area (Å²) in [5.41, 5.74) is 0.0561. The standard InChI is InChI=1S/C12H18N2O2.C7H8O/c1-11(2)4-10(14-9-16)5-12(3,6-11)7-13-8-15;1-8-7-5-3-2-4-6-7/h10H,4-7H2,1-3H3;2-6H,1H3. The fourth-order valence-electron chi connectivity index (χ4n) is 3.64. The number of ether oxygens (including phenoxy) is 1. The molecule has 0 bridgehead atoms. The van der Waals surface area contributed by atoms with Gasteiger partial charge in [0.25, 0.3) is 0 Å². The van der Waals surface area contributed by atoms with Gasteiger partial charge in [0.1, 0.15) is 5.75 Å². The van der Waals surface area contributed by atoms with Gasteiger partial charge in [-0.05, 0) is 42.2 Å². The highest BCUT2D eigenvalue weighted by Gasteiger charge is 2.41. The van der Waals surface area contributed by atoms with E-state index in [1.807, 2.05) is 30.3 Å². The number of rotatable bonds is 4. The van der Waals surface area contributed by atoms with Gasteiger partial charge >= 0.3 is 0 Å². The highest BCUT2D eigenvalue weighted by atomic mass is 16.5. The van der Waals surface area contributed by atoms with Gasteiger partial charge in [-0.1, -0.05) is 39.0 Å². The van der Waals surface area contributed by atoms with E-state index in [0.29, 0.717) is 6.54 Å². The Morgan fingerprint density at radius 2 is 1.79 bits per heavy atom. The van der Waals surface area contributed by atoms with Crippen molar-refractivity contribution in [2.45, 2.75) is 46.1 Å². The van der Waals surface area contributed by atoms with Crippen molar-refractivity contribution in [1.29, 1.82) is 0 Å². The summed E-state index contributed by atoms with van der Waals surface area (Å²) in [7, 11) is 1.66. The van der Waals surface area contributed by atoms with Gasteiger partial charge < -0.3 is 4.74 Å².